The van der Waals surface area contributed by atoms with E-state index in [-0.39, 0.29) is 5.69 Å². The highest BCUT2D eigenvalue weighted by atomic mass is 19.1. The first-order valence-corrected chi connectivity index (χ1v) is 5.92. The van der Waals surface area contributed by atoms with E-state index in [1.54, 1.807) is 0 Å². The summed E-state index contributed by atoms with van der Waals surface area (Å²) in [6.07, 6.45) is 2.79. The molecule has 0 aliphatic rings. The predicted molar refractivity (Wildman–Crippen MR) is 68.0 cm³/mol. The van der Waals surface area contributed by atoms with Crippen LogP contribution in [-0.2, 0) is 0 Å². The zero-order valence-electron chi connectivity index (χ0n) is 10.5. The van der Waals surface area contributed by atoms with Gasteiger partial charge in [-0.2, -0.15) is 0 Å². The Bertz CT molecular complexity index is 491. The zero-order valence-corrected chi connectivity index (χ0v) is 10.5. The molecule has 0 amide bonds. The van der Waals surface area contributed by atoms with Gasteiger partial charge < -0.3 is 10.4 Å². The maximum absolute atomic E-state index is 13.6. The van der Waals surface area contributed by atoms with Crippen LogP contribution in [0.2, 0.25) is 0 Å². The van der Waals surface area contributed by atoms with E-state index in [2.05, 4.69) is 5.32 Å². The molecule has 0 atom stereocenters. The van der Waals surface area contributed by atoms with Crippen molar-refractivity contribution < 1.29 is 19.2 Å². The van der Waals surface area contributed by atoms with Gasteiger partial charge >= 0.3 is 5.97 Å². The number of benzene rings is 1. The van der Waals surface area contributed by atoms with Crippen LogP contribution in [0, 0.1) is 15.9 Å². The Morgan fingerprint density at radius 2 is 2.16 bits per heavy atom. The first kappa shape index (κ1) is 14.9. The molecule has 0 radical (unpaired) electrons. The molecule has 0 heterocycles. The number of hydrogen-bond donors (Lipinski definition) is 2. The second kappa shape index (κ2) is 6.67. The van der Waals surface area contributed by atoms with E-state index in [1.807, 2.05) is 6.92 Å². The number of unbranched alkanes of at least 4 members (excludes halogenated alkanes) is 2. The minimum atomic E-state index is -1.46. The number of carboxylic acid groups (broad SMARTS) is 1. The maximum Gasteiger partial charge on any atom is 0.342 e. The highest BCUT2D eigenvalue weighted by Crippen LogP contribution is 2.26. The highest BCUT2D eigenvalue weighted by Gasteiger charge is 2.23. The van der Waals surface area contributed by atoms with E-state index in [4.69, 9.17) is 5.11 Å². The molecule has 6 nitrogen and oxygen atoms in total. The average Bonchev–Trinajstić information content (AvgIpc) is 2.35. The Balaban J connectivity index is 2.97. The molecule has 0 aliphatic carbocycles. The van der Waals surface area contributed by atoms with E-state index in [0.29, 0.717) is 12.6 Å². The SMILES string of the molecule is CCCCCNc1cc(C(=O)O)c([N+](=O)[O-])cc1F. The summed E-state index contributed by atoms with van der Waals surface area (Å²) in [5.74, 6) is -2.28. The molecule has 0 saturated heterocycles. The van der Waals surface area contributed by atoms with Crippen LogP contribution in [-0.4, -0.2) is 22.5 Å². The first-order valence-electron chi connectivity index (χ1n) is 5.92. The molecule has 0 spiro atoms. The normalized spacial score (nSPS) is 10.2. The maximum atomic E-state index is 13.6. The van der Waals surface area contributed by atoms with E-state index in [9.17, 15) is 19.3 Å². The Labute approximate surface area is 109 Å². The Kier molecular flexibility index (Phi) is 5.23. The van der Waals surface area contributed by atoms with Gasteiger partial charge in [0.2, 0.25) is 0 Å². The summed E-state index contributed by atoms with van der Waals surface area (Å²) >= 11 is 0. The summed E-state index contributed by atoms with van der Waals surface area (Å²) in [5, 5.41) is 22.3. The molecular formula is C12H15FN2O4. The van der Waals surface area contributed by atoms with Crippen LogP contribution in [0.15, 0.2) is 12.1 Å². The van der Waals surface area contributed by atoms with Crippen LogP contribution in [0.1, 0.15) is 36.5 Å². The number of nitro benzene ring substituents is 1. The number of carboxylic acids is 1. The minimum absolute atomic E-state index is 0.0286. The third-order valence-corrected chi connectivity index (χ3v) is 2.61. The van der Waals surface area contributed by atoms with Gasteiger partial charge in [0.1, 0.15) is 5.56 Å². The van der Waals surface area contributed by atoms with Gasteiger partial charge in [-0.05, 0) is 12.5 Å². The number of nitrogens with zero attached hydrogens (tertiary/aromatic N) is 1. The second-order valence-corrected chi connectivity index (χ2v) is 4.05. The summed E-state index contributed by atoms with van der Waals surface area (Å²) in [5.41, 5.74) is -1.30. The van der Waals surface area contributed by atoms with Crippen LogP contribution in [0.25, 0.3) is 0 Å². The van der Waals surface area contributed by atoms with Gasteiger partial charge in [-0.3, -0.25) is 10.1 Å². The number of halogens is 1. The van der Waals surface area contributed by atoms with Gasteiger partial charge in [0, 0.05) is 6.54 Å². The molecule has 0 saturated carbocycles. The fourth-order valence-corrected chi connectivity index (χ4v) is 1.62. The smallest absolute Gasteiger partial charge is 0.342 e. The van der Waals surface area contributed by atoms with Crippen LogP contribution < -0.4 is 5.32 Å². The van der Waals surface area contributed by atoms with Crippen molar-refractivity contribution in [2.24, 2.45) is 0 Å². The molecule has 1 rings (SSSR count). The number of nitrogens with one attached hydrogen (secondary N) is 1. The van der Waals surface area contributed by atoms with Crippen LogP contribution in [0.5, 0.6) is 0 Å². The number of nitro groups is 1. The van der Waals surface area contributed by atoms with E-state index >= 15 is 0 Å². The first-order chi connectivity index (χ1) is 8.97. The molecule has 104 valence electrons. The third-order valence-electron chi connectivity index (χ3n) is 2.61. The standard InChI is InChI=1S/C12H15FN2O4/c1-2-3-4-5-14-10-6-8(12(16)17)11(15(18)19)7-9(10)13/h6-7,14H,2-5H2,1H3,(H,16,17). The summed E-state index contributed by atoms with van der Waals surface area (Å²) in [6, 6.07) is 1.59. The summed E-state index contributed by atoms with van der Waals surface area (Å²) in [6.45, 7) is 2.51. The fourth-order valence-electron chi connectivity index (χ4n) is 1.62. The van der Waals surface area contributed by atoms with Crippen molar-refractivity contribution in [2.75, 3.05) is 11.9 Å². The van der Waals surface area contributed by atoms with Crippen molar-refractivity contribution >= 4 is 17.3 Å². The van der Waals surface area contributed by atoms with Crippen LogP contribution in [0.4, 0.5) is 15.8 Å². The molecule has 1 aromatic carbocycles. The number of rotatable bonds is 7. The lowest BCUT2D eigenvalue weighted by Gasteiger charge is -2.08. The van der Waals surface area contributed by atoms with E-state index in [0.717, 1.165) is 25.3 Å². The van der Waals surface area contributed by atoms with Crippen molar-refractivity contribution in [3.63, 3.8) is 0 Å². The average molecular weight is 270 g/mol. The Morgan fingerprint density at radius 1 is 1.47 bits per heavy atom. The van der Waals surface area contributed by atoms with E-state index in [1.165, 1.54) is 0 Å². The summed E-state index contributed by atoms with van der Waals surface area (Å²) in [7, 11) is 0. The molecule has 0 unspecified atom stereocenters. The molecule has 0 bridgehead atoms. The van der Waals surface area contributed by atoms with Crippen molar-refractivity contribution in [3.05, 3.63) is 33.6 Å². The van der Waals surface area contributed by atoms with Gasteiger partial charge in [-0.1, -0.05) is 19.8 Å². The van der Waals surface area contributed by atoms with Gasteiger partial charge in [0.25, 0.3) is 5.69 Å². The van der Waals surface area contributed by atoms with Crippen molar-refractivity contribution in [2.45, 2.75) is 26.2 Å². The predicted octanol–water partition coefficient (Wildman–Crippen LogP) is 3.03. The van der Waals surface area contributed by atoms with E-state index < -0.39 is 28.0 Å². The highest BCUT2D eigenvalue weighted by molar-refractivity contribution is 5.93. The minimum Gasteiger partial charge on any atom is -0.477 e. The van der Waals surface area contributed by atoms with Crippen LogP contribution in [0.3, 0.4) is 0 Å². The monoisotopic (exact) mass is 270 g/mol. The number of aromatic carboxylic acids is 1. The topological polar surface area (TPSA) is 92.5 Å². The Hall–Kier alpha value is -2.18. The largest absolute Gasteiger partial charge is 0.477 e. The molecule has 0 aliphatic heterocycles. The lowest BCUT2D eigenvalue weighted by Crippen LogP contribution is -2.08. The molecule has 7 heteroatoms. The molecule has 0 aromatic heterocycles. The lowest BCUT2D eigenvalue weighted by atomic mass is 10.1. The lowest BCUT2D eigenvalue weighted by molar-refractivity contribution is -0.385. The molecule has 0 fully saturated rings. The summed E-state index contributed by atoms with van der Waals surface area (Å²) < 4.78 is 13.6. The number of carbonyl (C=O) groups is 1. The molecule has 1 aromatic rings. The quantitative estimate of drug-likeness (QED) is 0.451. The molecule has 19 heavy (non-hydrogen) atoms. The molecular weight excluding hydrogens is 255 g/mol. The third kappa shape index (κ3) is 3.90. The summed E-state index contributed by atoms with van der Waals surface area (Å²) in [4.78, 5) is 20.6. The van der Waals surface area contributed by atoms with Crippen molar-refractivity contribution in [1.82, 2.24) is 0 Å². The number of hydrogen-bond acceptors (Lipinski definition) is 4. The number of anilines is 1. The van der Waals surface area contributed by atoms with Crippen molar-refractivity contribution in [1.29, 1.82) is 0 Å². The van der Waals surface area contributed by atoms with Gasteiger partial charge in [0.05, 0.1) is 16.7 Å². The second-order valence-electron chi connectivity index (χ2n) is 4.05. The molecule has 2 N–H and O–H groups in total. The van der Waals surface area contributed by atoms with Gasteiger partial charge in [0.15, 0.2) is 5.82 Å². The van der Waals surface area contributed by atoms with Gasteiger partial charge in [-0.15, -0.1) is 0 Å². The zero-order chi connectivity index (χ0) is 14.4. The van der Waals surface area contributed by atoms with Gasteiger partial charge in [-0.25, -0.2) is 9.18 Å². The van der Waals surface area contributed by atoms with Crippen molar-refractivity contribution in [3.8, 4) is 0 Å². The Morgan fingerprint density at radius 3 is 2.68 bits per heavy atom. The van der Waals surface area contributed by atoms with Crippen LogP contribution >= 0.6 is 0 Å². The fraction of sp³-hybridized carbons (Fsp3) is 0.417.